The molecule has 0 saturated carbocycles. The minimum Gasteiger partial charge on any atom is -0.352 e. The number of anilines is 1. The molecule has 0 aliphatic carbocycles. The van der Waals surface area contributed by atoms with Crippen LogP contribution in [0.3, 0.4) is 0 Å². The molecule has 0 aliphatic rings. The van der Waals surface area contributed by atoms with Crippen molar-refractivity contribution >= 4 is 44.8 Å². The van der Waals surface area contributed by atoms with Gasteiger partial charge in [0, 0.05) is 11.1 Å². The second kappa shape index (κ2) is 7.53. The number of sulfonamides is 1. The molecule has 0 aromatic heterocycles. The van der Waals surface area contributed by atoms with Crippen molar-refractivity contribution in [2.45, 2.75) is 39.3 Å². The molecule has 1 amide bonds. The Morgan fingerprint density at radius 1 is 1.32 bits per heavy atom. The van der Waals surface area contributed by atoms with Crippen LogP contribution in [0, 0.1) is 0 Å². The summed E-state index contributed by atoms with van der Waals surface area (Å²) < 4.78 is 25.3. The summed E-state index contributed by atoms with van der Waals surface area (Å²) in [7, 11) is -3.71. The first kappa shape index (κ1) is 19.1. The van der Waals surface area contributed by atoms with E-state index in [0.29, 0.717) is 5.02 Å². The minimum absolute atomic E-state index is 0.0498. The highest BCUT2D eigenvalue weighted by Crippen LogP contribution is 2.32. The highest BCUT2D eigenvalue weighted by molar-refractivity contribution is 7.92. The molecule has 22 heavy (non-hydrogen) atoms. The first-order valence-electron chi connectivity index (χ1n) is 6.82. The first-order valence-corrected chi connectivity index (χ1v) is 9.43. The van der Waals surface area contributed by atoms with Gasteiger partial charge in [-0.25, -0.2) is 8.42 Å². The van der Waals surface area contributed by atoms with E-state index in [9.17, 15) is 13.2 Å². The van der Waals surface area contributed by atoms with E-state index in [1.54, 1.807) is 6.07 Å². The van der Waals surface area contributed by atoms with E-state index in [-0.39, 0.29) is 16.8 Å². The molecular formula is C14H20Cl2N2O3S. The number of amides is 1. The van der Waals surface area contributed by atoms with Crippen molar-refractivity contribution < 1.29 is 13.2 Å². The van der Waals surface area contributed by atoms with E-state index in [1.807, 2.05) is 13.8 Å². The largest absolute Gasteiger partial charge is 0.352 e. The minimum atomic E-state index is -3.71. The van der Waals surface area contributed by atoms with Crippen LogP contribution >= 0.6 is 23.2 Å². The van der Waals surface area contributed by atoms with Crippen molar-refractivity contribution in [3.8, 4) is 0 Å². The maximum Gasteiger partial charge on any atom is 0.243 e. The Morgan fingerprint density at radius 2 is 1.91 bits per heavy atom. The van der Waals surface area contributed by atoms with E-state index < -0.39 is 22.0 Å². The normalized spacial score (nSPS) is 14.3. The van der Waals surface area contributed by atoms with Crippen LogP contribution in [-0.2, 0) is 14.8 Å². The van der Waals surface area contributed by atoms with Crippen molar-refractivity contribution in [1.29, 1.82) is 0 Å². The summed E-state index contributed by atoms with van der Waals surface area (Å²) in [6, 6.07) is 3.48. The smallest absolute Gasteiger partial charge is 0.243 e. The third-order valence-electron chi connectivity index (χ3n) is 3.24. The Morgan fingerprint density at radius 3 is 2.41 bits per heavy atom. The molecule has 0 unspecified atom stereocenters. The van der Waals surface area contributed by atoms with Crippen LogP contribution in [0.1, 0.15) is 27.2 Å². The highest BCUT2D eigenvalue weighted by atomic mass is 35.5. The third-order valence-corrected chi connectivity index (χ3v) is 5.02. The standard InChI is InChI=1S/C14H20Cl2N2O3S/c1-5-9(2)17-14(19)10(3)18(22(4,20)21)13-8-11(15)6-7-12(13)16/h6-10H,5H2,1-4H3,(H,17,19)/t9-,10-/m1/s1. The molecule has 0 aliphatic heterocycles. The van der Waals surface area contributed by atoms with Gasteiger partial charge in [0.25, 0.3) is 0 Å². The van der Waals surface area contributed by atoms with E-state index in [4.69, 9.17) is 23.2 Å². The molecule has 5 nitrogen and oxygen atoms in total. The van der Waals surface area contributed by atoms with E-state index in [1.165, 1.54) is 19.1 Å². The molecule has 0 fully saturated rings. The summed E-state index contributed by atoms with van der Waals surface area (Å²) in [5, 5.41) is 3.31. The van der Waals surface area contributed by atoms with Gasteiger partial charge in [-0.15, -0.1) is 0 Å². The second-order valence-electron chi connectivity index (χ2n) is 5.15. The second-order valence-corrected chi connectivity index (χ2v) is 7.85. The van der Waals surface area contributed by atoms with Gasteiger partial charge < -0.3 is 5.32 Å². The van der Waals surface area contributed by atoms with Crippen LogP contribution < -0.4 is 9.62 Å². The topological polar surface area (TPSA) is 66.5 Å². The molecule has 1 aromatic rings. The lowest BCUT2D eigenvalue weighted by atomic mass is 10.2. The van der Waals surface area contributed by atoms with Crippen LogP contribution in [-0.4, -0.2) is 32.7 Å². The number of hydrogen-bond donors (Lipinski definition) is 1. The van der Waals surface area contributed by atoms with Crippen molar-refractivity contribution in [3.05, 3.63) is 28.2 Å². The zero-order chi connectivity index (χ0) is 17.1. The van der Waals surface area contributed by atoms with Crippen molar-refractivity contribution in [2.24, 2.45) is 0 Å². The predicted octanol–water partition coefficient (Wildman–Crippen LogP) is 3.06. The zero-order valence-corrected chi connectivity index (χ0v) is 15.3. The van der Waals surface area contributed by atoms with Crippen LogP contribution in [0.5, 0.6) is 0 Å². The number of nitrogens with zero attached hydrogens (tertiary/aromatic N) is 1. The number of rotatable bonds is 6. The highest BCUT2D eigenvalue weighted by Gasteiger charge is 2.31. The monoisotopic (exact) mass is 366 g/mol. The Kier molecular flexibility index (Phi) is 6.52. The van der Waals surface area contributed by atoms with Gasteiger partial charge in [0.15, 0.2) is 0 Å². The maximum absolute atomic E-state index is 12.3. The summed E-state index contributed by atoms with van der Waals surface area (Å²) >= 11 is 12.0. The fourth-order valence-electron chi connectivity index (χ4n) is 1.90. The van der Waals surface area contributed by atoms with E-state index in [2.05, 4.69) is 5.32 Å². The van der Waals surface area contributed by atoms with Crippen LogP contribution in [0.15, 0.2) is 18.2 Å². The number of hydrogen-bond acceptors (Lipinski definition) is 3. The molecule has 0 saturated heterocycles. The average molecular weight is 367 g/mol. The van der Waals surface area contributed by atoms with Gasteiger partial charge in [-0.2, -0.15) is 0 Å². The number of carbonyl (C=O) groups is 1. The Labute approximate surface area is 141 Å². The number of nitrogens with one attached hydrogen (secondary N) is 1. The van der Waals surface area contributed by atoms with E-state index in [0.717, 1.165) is 17.0 Å². The number of halogens is 2. The van der Waals surface area contributed by atoms with Gasteiger partial charge in [-0.3, -0.25) is 9.10 Å². The first-order chi connectivity index (χ1) is 10.1. The maximum atomic E-state index is 12.3. The van der Waals surface area contributed by atoms with Gasteiger partial charge in [0.1, 0.15) is 6.04 Å². The molecule has 0 spiro atoms. The summed E-state index contributed by atoms with van der Waals surface area (Å²) in [6.07, 6.45) is 1.77. The summed E-state index contributed by atoms with van der Waals surface area (Å²) in [4.78, 5) is 12.3. The lowest BCUT2D eigenvalue weighted by molar-refractivity contribution is -0.122. The number of benzene rings is 1. The quantitative estimate of drug-likeness (QED) is 0.840. The molecule has 1 N–H and O–H groups in total. The fourth-order valence-corrected chi connectivity index (χ4v) is 3.50. The van der Waals surface area contributed by atoms with Crippen molar-refractivity contribution in [1.82, 2.24) is 5.32 Å². The predicted molar refractivity (Wildman–Crippen MR) is 91.1 cm³/mol. The molecule has 1 rings (SSSR count). The van der Waals surface area contributed by atoms with Crippen LogP contribution in [0.25, 0.3) is 0 Å². The van der Waals surface area contributed by atoms with Gasteiger partial charge in [-0.05, 0) is 38.5 Å². The molecule has 0 bridgehead atoms. The van der Waals surface area contributed by atoms with Gasteiger partial charge in [0.05, 0.1) is 17.0 Å². The molecule has 0 radical (unpaired) electrons. The molecule has 0 heterocycles. The Balaban J connectivity index is 3.25. The molecule has 124 valence electrons. The van der Waals surface area contributed by atoms with Gasteiger partial charge >= 0.3 is 0 Å². The van der Waals surface area contributed by atoms with Crippen LogP contribution in [0.4, 0.5) is 5.69 Å². The molecule has 8 heteroatoms. The van der Waals surface area contributed by atoms with Crippen molar-refractivity contribution in [3.63, 3.8) is 0 Å². The Bertz CT molecular complexity index is 649. The summed E-state index contributed by atoms with van der Waals surface area (Å²) in [6.45, 7) is 5.29. The summed E-state index contributed by atoms with van der Waals surface area (Å²) in [5.41, 5.74) is 0.184. The SMILES string of the molecule is CC[C@@H](C)NC(=O)[C@@H](C)N(c1cc(Cl)ccc1Cl)S(C)(=O)=O. The van der Waals surface area contributed by atoms with E-state index >= 15 is 0 Å². The average Bonchev–Trinajstić information content (AvgIpc) is 2.41. The molecule has 1 aromatic carbocycles. The van der Waals surface area contributed by atoms with Crippen molar-refractivity contribution in [2.75, 3.05) is 10.6 Å². The molecular weight excluding hydrogens is 347 g/mol. The number of carbonyl (C=O) groups excluding carboxylic acids is 1. The molecule has 2 atom stereocenters. The Hall–Kier alpha value is -0.980. The lowest BCUT2D eigenvalue weighted by Gasteiger charge is -2.29. The van der Waals surface area contributed by atoms with Crippen LogP contribution in [0.2, 0.25) is 10.0 Å². The third kappa shape index (κ3) is 4.76. The van der Waals surface area contributed by atoms with Gasteiger partial charge in [0.2, 0.25) is 15.9 Å². The van der Waals surface area contributed by atoms with Gasteiger partial charge in [-0.1, -0.05) is 30.1 Å². The zero-order valence-electron chi connectivity index (χ0n) is 12.9. The fraction of sp³-hybridized carbons (Fsp3) is 0.500. The summed E-state index contributed by atoms with van der Waals surface area (Å²) in [5.74, 6) is -0.393. The lowest BCUT2D eigenvalue weighted by Crippen LogP contribution is -2.49.